The highest BCUT2D eigenvalue weighted by atomic mass is 15.3. The maximum absolute atomic E-state index is 6.26. The van der Waals surface area contributed by atoms with Crippen LogP contribution in [0.25, 0.3) is 0 Å². The number of hydrogen-bond acceptors (Lipinski definition) is 2. The van der Waals surface area contributed by atoms with E-state index in [1.165, 1.54) is 32.1 Å². The molecule has 4 aliphatic carbocycles. The Kier molecular flexibility index (Phi) is 2.49. The van der Waals surface area contributed by atoms with Crippen LogP contribution < -0.4 is 5.73 Å². The van der Waals surface area contributed by atoms with Gasteiger partial charge in [0.2, 0.25) is 0 Å². The van der Waals surface area contributed by atoms with Crippen LogP contribution >= 0.6 is 0 Å². The molecule has 1 aromatic rings. The molecule has 0 aliphatic heterocycles. The summed E-state index contributed by atoms with van der Waals surface area (Å²) in [6, 6.07) is 2.69. The van der Waals surface area contributed by atoms with E-state index >= 15 is 0 Å². The summed E-state index contributed by atoms with van der Waals surface area (Å²) < 4.78 is 2.20. The lowest BCUT2D eigenvalue weighted by Crippen LogP contribution is -2.46. The van der Waals surface area contributed by atoms with Crippen molar-refractivity contribution < 1.29 is 0 Å². The van der Waals surface area contributed by atoms with Gasteiger partial charge in [-0.25, -0.2) is 4.68 Å². The van der Waals surface area contributed by atoms with Gasteiger partial charge in [-0.2, -0.15) is 5.10 Å². The van der Waals surface area contributed by atoms with E-state index in [4.69, 9.17) is 10.8 Å². The predicted octanol–water partition coefficient (Wildman–Crippen LogP) is 3.59. The van der Waals surface area contributed by atoms with Crippen molar-refractivity contribution in [3.63, 3.8) is 0 Å². The maximum atomic E-state index is 6.26. The molecule has 0 spiro atoms. The summed E-state index contributed by atoms with van der Waals surface area (Å²) in [5, 5.41) is 4.85. The highest BCUT2D eigenvalue weighted by Crippen LogP contribution is 2.58. The number of aromatic nitrogens is 2. The normalized spacial score (nSPS) is 40.3. The molecule has 1 aromatic heterocycles. The highest BCUT2D eigenvalue weighted by Gasteiger charge is 2.49. The SMILES string of the molecule is CC(C)c1cc(N)n(C2C3CC4CC(C3)CC2C4)n1. The van der Waals surface area contributed by atoms with E-state index in [0.717, 1.165) is 35.2 Å². The third-order valence-electron chi connectivity index (χ3n) is 5.83. The van der Waals surface area contributed by atoms with Crippen molar-refractivity contribution in [3.05, 3.63) is 11.8 Å². The summed E-state index contributed by atoms with van der Waals surface area (Å²) >= 11 is 0. The highest BCUT2D eigenvalue weighted by molar-refractivity contribution is 5.33. The van der Waals surface area contributed by atoms with E-state index < -0.39 is 0 Å². The average Bonchev–Trinajstić information content (AvgIpc) is 2.70. The summed E-state index contributed by atoms with van der Waals surface area (Å²) in [5.41, 5.74) is 7.42. The molecule has 19 heavy (non-hydrogen) atoms. The number of nitrogens with zero attached hydrogens (tertiary/aromatic N) is 2. The Labute approximate surface area is 115 Å². The number of nitrogens with two attached hydrogens (primary N) is 1. The van der Waals surface area contributed by atoms with Gasteiger partial charge in [-0.1, -0.05) is 13.8 Å². The topological polar surface area (TPSA) is 43.8 Å². The Bertz CT molecular complexity index is 460. The van der Waals surface area contributed by atoms with Gasteiger partial charge in [-0.3, -0.25) is 0 Å². The fraction of sp³-hybridized carbons (Fsp3) is 0.812. The summed E-state index contributed by atoms with van der Waals surface area (Å²) in [5.74, 6) is 5.08. The van der Waals surface area contributed by atoms with E-state index in [1.54, 1.807) is 0 Å². The molecule has 0 radical (unpaired) electrons. The van der Waals surface area contributed by atoms with Crippen LogP contribution in [0, 0.1) is 23.7 Å². The lowest BCUT2D eigenvalue weighted by molar-refractivity contribution is -0.0329. The lowest BCUT2D eigenvalue weighted by atomic mass is 9.54. The molecular formula is C16H25N3. The van der Waals surface area contributed by atoms with Gasteiger partial charge in [0.05, 0.1) is 11.7 Å². The molecular weight excluding hydrogens is 234 g/mol. The molecule has 0 amide bonds. The molecule has 0 unspecified atom stereocenters. The second kappa shape index (κ2) is 4.00. The molecule has 4 saturated carbocycles. The zero-order valence-corrected chi connectivity index (χ0v) is 12.0. The van der Waals surface area contributed by atoms with E-state index in [1.807, 2.05) is 0 Å². The summed E-state index contributed by atoms with van der Waals surface area (Å²) in [6.45, 7) is 4.39. The summed E-state index contributed by atoms with van der Waals surface area (Å²) in [4.78, 5) is 0. The zero-order chi connectivity index (χ0) is 13.1. The van der Waals surface area contributed by atoms with Crippen LogP contribution in [0.5, 0.6) is 0 Å². The first-order valence-electron chi connectivity index (χ1n) is 7.96. The van der Waals surface area contributed by atoms with E-state index in [0.29, 0.717) is 12.0 Å². The van der Waals surface area contributed by atoms with Crippen LogP contribution in [-0.2, 0) is 0 Å². The monoisotopic (exact) mass is 259 g/mol. The number of rotatable bonds is 2. The second-order valence-corrected chi connectivity index (χ2v) is 7.51. The van der Waals surface area contributed by atoms with Crippen molar-refractivity contribution >= 4 is 5.82 Å². The largest absolute Gasteiger partial charge is 0.384 e. The van der Waals surface area contributed by atoms with Crippen LogP contribution in [0.15, 0.2) is 6.07 Å². The molecule has 3 heteroatoms. The van der Waals surface area contributed by atoms with Crippen molar-refractivity contribution in [1.29, 1.82) is 0 Å². The molecule has 4 fully saturated rings. The first-order valence-corrected chi connectivity index (χ1v) is 7.96. The van der Waals surface area contributed by atoms with Crippen LogP contribution in [0.2, 0.25) is 0 Å². The van der Waals surface area contributed by atoms with Gasteiger partial charge < -0.3 is 5.73 Å². The van der Waals surface area contributed by atoms with Crippen LogP contribution in [0.3, 0.4) is 0 Å². The van der Waals surface area contributed by atoms with Gasteiger partial charge in [0.25, 0.3) is 0 Å². The molecule has 2 N–H and O–H groups in total. The standard InChI is InChI=1S/C16H25N3/c1-9(2)14-8-15(17)19(18-14)16-12-4-10-3-11(6-12)7-13(16)5-10/h8-13,16H,3-7,17H2,1-2H3. The fourth-order valence-corrected chi connectivity index (χ4v) is 5.25. The maximum Gasteiger partial charge on any atom is 0.122 e. The predicted molar refractivity (Wildman–Crippen MR) is 76.8 cm³/mol. The first-order chi connectivity index (χ1) is 9.11. The van der Waals surface area contributed by atoms with Gasteiger partial charge in [0, 0.05) is 6.07 Å². The molecule has 0 aromatic carbocycles. The van der Waals surface area contributed by atoms with Crippen LogP contribution in [0.4, 0.5) is 5.82 Å². The molecule has 4 bridgehead atoms. The third kappa shape index (κ3) is 1.73. The van der Waals surface area contributed by atoms with Crippen molar-refractivity contribution in [1.82, 2.24) is 9.78 Å². The smallest absolute Gasteiger partial charge is 0.122 e. The quantitative estimate of drug-likeness (QED) is 0.882. The minimum absolute atomic E-state index is 0.473. The Morgan fingerprint density at radius 3 is 2.16 bits per heavy atom. The molecule has 104 valence electrons. The Balaban J connectivity index is 1.69. The zero-order valence-electron chi connectivity index (χ0n) is 12.0. The average molecular weight is 259 g/mol. The Hall–Kier alpha value is -0.990. The van der Waals surface area contributed by atoms with E-state index in [2.05, 4.69) is 24.6 Å². The number of anilines is 1. The molecule has 3 nitrogen and oxygen atoms in total. The Morgan fingerprint density at radius 1 is 1.11 bits per heavy atom. The molecule has 0 saturated heterocycles. The molecule has 0 atom stereocenters. The van der Waals surface area contributed by atoms with Crippen molar-refractivity contribution in [2.24, 2.45) is 23.7 Å². The van der Waals surface area contributed by atoms with E-state index in [-0.39, 0.29) is 0 Å². The van der Waals surface area contributed by atoms with Gasteiger partial charge in [-0.05, 0) is 61.7 Å². The van der Waals surface area contributed by atoms with Crippen molar-refractivity contribution in [2.45, 2.75) is 57.9 Å². The van der Waals surface area contributed by atoms with Crippen LogP contribution in [-0.4, -0.2) is 9.78 Å². The van der Waals surface area contributed by atoms with E-state index in [9.17, 15) is 0 Å². The minimum Gasteiger partial charge on any atom is -0.384 e. The van der Waals surface area contributed by atoms with Crippen molar-refractivity contribution in [2.75, 3.05) is 5.73 Å². The number of hydrogen-bond donors (Lipinski definition) is 1. The second-order valence-electron chi connectivity index (χ2n) is 7.51. The molecule has 4 aliphatic rings. The first kappa shape index (κ1) is 11.8. The van der Waals surface area contributed by atoms with Gasteiger partial charge in [0.1, 0.15) is 5.82 Å². The van der Waals surface area contributed by atoms with Gasteiger partial charge in [-0.15, -0.1) is 0 Å². The van der Waals surface area contributed by atoms with Gasteiger partial charge in [0.15, 0.2) is 0 Å². The molecule has 1 heterocycles. The van der Waals surface area contributed by atoms with Gasteiger partial charge >= 0.3 is 0 Å². The fourth-order valence-electron chi connectivity index (χ4n) is 5.25. The third-order valence-corrected chi connectivity index (χ3v) is 5.83. The van der Waals surface area contributed by atoms with Crippen LogP contribution in [0.1, 0.15) is 63.6 Å². The Morgan fingerprint density at radius 2 is 1.68 bits per heavy atom. The summed E-state index contributed by atoms with van der Waals surface area (Å²) in [7, 11) is 0. The summed E-state index contributed by atoms with van der Waals surface area (Å²) in [6.07, 6.45) is 7.20. The minimum atomic E-state index is 0.473. The lowest BCUT2D eigenvalue weighted by Gasteiger charge is -2.54. The molecule has 5 rings (SSSR count). The number of nitrogen functional groups attached to an aromatic ring is 1. The van der Waals surface area contributed by atoms with Crippen molar-refractivity contribution in [3.8, 4) is 0 Å².